The first-order valence-electron chi connectivity index (χ1n) is 6.65. The molecular weight excluding hydrogens is 299 g/mol. The summed E-state index contributed by atoms with van der Waals surface area (Å²) in [6.07, 6.45) is -2.59. The van der Waals surface area contributed by atoms with E-state index >= 15 is 0 Å². The Labute approximate surface area is 125 Å². The fourth-order valence-corrected chi connectivity index (χ4v) is 2.98. The van der Waals surface area contributed by atoms with Gasteiger partial charge < -0.3 is 5.32 Å². The van der Waals surface area contributed by atoms with Crippen LogP contribution in [0.3, 0.4) is 0 Å². The highest BCUT2D eigenvalue weighted by Crippen LogP contribution is 2.37. The molecule has 0 radical (unpaired) electrons. The van der Waals surface area contributed by atoms with Crippen LogP contribution in [-0.4, -0.2) is 0 Å². The maximum absolute atomic E-state index is 12.8. The zero-order valence-corrected chi connectivity index (χ0v) is 11.8. The van der Waals surface area contributed by atoms with Gasteiger partial charge in [-0.1, -0.05) is 35.9 Å². The summed E-state index contributed by atoms with van der Waals surface area (Å²) in [4.78, 5) is 0. The van der Waals surface area contributed by atoms with Gasteiger partial charge in [-0.25, -0.2) is 0 Å². The molecule has 2 aromatic carbocycles. The SMILES string of the molecule is FC(F)(F)c1cc(Cl)cc(NC2CCc3ccccc32)c1. The summed E-state index contributed by atoms with van der Waals surface area (Å²) in [7, 11) is 0. The van der Waals surface area contributed by atoms with Crippen molar-refractivity contribution in [3.8, 4) is 0 Å². The molecule has 0 fully saturated rings. The molecule has 2 aromatic rings. The van der Waals surface area contributed by atoms with E-state index in [0.717, 1.165) is 30.5 Å². The number of aryl methyl sites for hydroxylation is 1. The van der Waals surface area contributed by atoms with Crippen molar-refractivity contribution in [3.63, 3.8) is 0 Å². The van der Waals surface area contributed by atoms with E-state index in [0.29, 0.717) is 5.69 Å². The lowest BCUT2D eigenvalue weighted by Crippen LogP contribution is -2.10. The van der Waals surface area contributed by atoms with Gasteiger partial charge >= 0.3 is 6.18 Å². The summed E-state index contributed by atoms with van der Waals surface area (Å²) < 4.78 is 38.4. The molecule has 1 unspecified atom stereocenters. The van der Waals surface area contributed by atoms with Crippen molar-refractivity contribution in [2.24, 2.45) is 0 Å². The fourth-order valence-electron chi connectivity index (χ4n) is 2.74. The number of alkyl halides is 3. The Balaban J connectivity index is 1.88. The normalized spacial score (nSPS) is 17.6. The smallest absolute Gasteiger partial charge is 0.378 e. The van der Waals surface area contributed by atoms with Crippen molar-refractivity contribution in [3.05, 3.63) is 64.2 Å². The zero-order chi connectivity index (χ0) is 15.0. The number of nitrogens with one attached hydrogen (secondary N) is 1. The third-order valence-corrected chi connectivity index (χ3v) is 3.92. The third-order valence-electron chi connectivity index (χ3n) is 3.70. The predicted octanol–water partition coefficient (Wildman–Crippen LogP) is 5.46. The molecule has 0 bridgehead atoms. The predicted molar refractivity (Wildman–Crippen MR) is 77.6 cm³/mol. The minimum absolute atomic E-state index is 0.0285. The summed E-state index contributed by atoms with van der Waals surface area (Å²) in [5.74, 6) is 0. The average molecular weight is 312 g/mol. The summed E-state index contributed by atoms with van der Waals surface area (Å²) in [6.45, 7) is 0. The molecular formula is C16H13ClF3N. The van der Waals surface area contributed by atoms with Gasteiger partial charge in [0.25, 0.3) is 0 Å². The first-order chi connectivity index (χ1) is 9.93. The minimum Gasteiger partial charge on any atom is -0.378 e. The van der Waals surface area contributed by atoms with Gasteiger partial charge in [-0.3, -0.25) is 0 Å². The first kappa shape index (κ1) is 14.3. The number of halogens is 4. The van der Waals surface area contributed by atoms with Gasteiger partial charge in [0.05, 0.1) is 11.6 Å². The summed E-state index contributed by atoms with van der Waals surface area (Å²) >= 11 is 5.80. The van der Waals surface area contributed by atoms with E-state index in [1.807, 2.05) is 18.2 Å². The number of hydrogen-bond donors (Lipinski definition) is 1. The Morgan fingerprint density at radius 1 is 1.10 bits per heavy atom. The van der Waals surface area contributed by atoms with Crippen LogP contribution in [0.4, 0.5) is 18.9 Å². The van der Waals surface area contributed by atoms with Crippen molar-refractivity contribution >= 4 is 17.3 Å². The van der Waals surface area contributed by atoms with Crippen LogP contribution in [0.15, 0.2) is 42.5 Å². The van der Waals surface area contributed by atoms with Gasteiger partial charge in [0, 0.05) is 10.7 Å². The Morgan fingerprint density at radius 3 is 2.62 bits per heavy atom. The van der Waals surface area contributed by atoms with E-state index in [2.05, 4.69) is 11.4 Å². The molecule has 1 aliphatic carbocycles. The number of fused-ring (bicyclic) bond motifs is 1. The zero-order valence-electron chi connectivity index (χ0n) is 11.0. The van der Waals surface area contributed by atoms with E-state index < -0.39 is 11.7 Å². The van der Waals surface area contributed by atoms with Gasteiger partial charge in [0.15, 0.2) is 0 Å². The molecule has 0 saturated carbocycles. The second kappa shape index (κ2) is 5.26. The van der Waals surface area contributed by atoms with Crippen LogP contribution in [0.25, 0.3) is 0 Å². The lowest BCUT2D eigenvalue weighted by molar-refractivity contribution is -0.137. The van der Waals surface area contributed by atoms with Gasteiger partial charge in [-0.15, -0.1) is 0 Å². The van der Waals surface area contributed by atoms with E-state index in [1.54, 1.807) is 0 Å². The van der Waals surface area contributed by atoms with Gasteiger partial charge in [-0.2, -0.15) is 13.2 Å². The largest absolute Gasteiger partial charge is 0.416 e. The van der Waals surface area contributed by atoms with Crippen LogP contribution in [-0.2, 0) is 12.6 Å². The fraction of sp³-hybridized carbons (Fsp3) is 0.250. The van der Waals surface area contributed by atoms with Crippen molar-refractivity contribution in [2.75, 3.05) is 5.32 Å². The molecule has 1 N–H and O–H groups in total. The lowest BCUT2D eigenvalue weighted by Gasteiger charge is -2.17. The van der Waals surface area contributed by atoms with E-state index in [4.69, 9.17) is 11.6 Å². The van der Waals surface area contributed by atoms with Crippen LogP contribution in [0.5, 0.6) is 0 Å². The van der Waals surface area contributed by atoms with Gasteiger partial charge in [-0.05, 0) is 42.2 Å². The highest BCUT2D eigenvalue weighted by molar-refractivity contribution is 6.30. The molecule has 0 spiro atoms. The van der Waals surface area contributed by atoms with Crippen molar-refractivity contribution in [1.82, 2.24) is 0 Å². The van der Waals surface area contributed by atoms with E-state index in [9.17, 15) is 13.2 Å². The maximum Gasteiger partial charge on any atom is 0.416 e. The van der Waals surface area contributed by atoms with Crippen molar-refractivity contribution in [2.45, 2.75) is 25.1 Å². The number of anilines is 1. The monoisotopic (exact) mass is 311 g/mol. The summed E-state index contributed by atoms with van der Waals surface area (Å²) in [6, 6.07) is 11.6. The standard InChI is InChI=1S/C16H13ClF3N/c17-12-7-11(16(18,19)20)8-13(9-12)21-15-6-5-10-3-1-2-4-14(10)15/h1-4,7-9,15,21H,5-6H2. The second-order valence-electron chi connectivity index (χ2n) is 5.16. The lowest BCUT2D eigenvalue weighted by atomic mass is 10.1. The van der Waals surface area contributed by atoms with Gasteiger partial charge in [0.1, 0.15) is 0 Å². The Hall–Kier alpha value is -1.68. The molecule has 21 heavy (non-hydrogen) atoms. The second-order valence-corrected chi connectivity index (χ2v) is 5.60. The van der Waals surface area contributed by atoms with Crippen LogP contribution in [0.1, 0.15) is 29.2 Å². The Bertz CT molecular complexity index is 667. The molecule has 110 valence electrons. The highest BCUT2D eigenvalue weighted by atomic mass is 35.5. The number of benzene rings is 2. The highest BCUT2D eigenvalue weighted by Gasteiger charge is 2.31. The molecule has 0 amide bonds. The van der Waals surface area contributed by atoms with E-state index in [1.165, 1.54) is 11.6 Å². The number of hydrogen-bond acceptors (Lipinski definition) is 1. The van der Waals surface area contributed by atoms with E-state index in [-0.39, 0.29) is 11.1 Å². The molecule has 0 heterocycles. The minimum atomic E-state index is -4.39. The number of rotatable bonds is 2. The topological polar surface area (TPSA) is 12.0 Å². The molecule has 3 rings (SSSR count). The molecule has 5 heteroatoms. The van der Waals surface area contributed by atoms with Crippen LogP contribution >= 0.6 is 11.6 Å². The quantitative estimate of drug-likeness (QED) is 0.776. The molecule has 0 aliphatic heterocycles. The van der Waals surface area contributed by atoms with Crippen LogP contribution in [0, 0.1) is 0 Å². The molecule has 1 atom stereocenters. The average Bonchev–Trinajstić information content (AvgIpc) is 2.81. The Kier molecular flexibility index (Phi) is 3.57. The summed E-state index contributed by atoms with van der Waals surface area (Å²) in [5, 5.41) is 3.25. The molecule has 1 aliphatic rings. The van der Waals surface area contributed by atoms with Crippen LogP contribution in [0.2, 0.25) is 5.02 Å². The van der Waals surface area contributed by atoms with Crippen LogP contribution < -0.4 is 5.32 Å². The first-order valence-corrected chi connectivity index (χ1v) is 7.03. The van der Waals surface area contributed by atoms with Crippen molar-refractivity contribution < 1.29 is 13.2 Å². The Morgan fingerprint density at radius 2 is 1.86 bits per heavy atom. The summed E-state index contributed by atoms with van der Waals surface area (Å²) in [5.41, 5.74) is 2.06. The maximum atomic E-state index is 12.8. The molecule has 0 saturated heterocycles. The third kappa shape index (κ3) is 3.00. The molecule has 0 aromatic heterocycles. The molecule has 1 nitrogen and oxygen atoms in total. The van der Waals surface area contributed by atoms with Gasteiger partial charge in [0.2, 0.25) is 0 Å². The van der Waals surface area contributed by atoms with Crippen molar-refractivity contribution in [1.29, 1.82) is 0 Å².